The number of carbonyl (C=O) groups excluding carboxylic acids is 1. The Morgan fingerprint density at radius 3 is 2.55 bits per heavy atom. The summed E-state index contributed by atoms with van der Waals surface area (Å²) >= 11 is 0. The van der Waals surface area contributed by atoms with Gasteiger partial charge in [0.25, 0.3) is 0 Å². The van der Waals surface area contributed by atoms with Crippen LogP contribution < -0.4 is 10.6 Å². The maximum atomic E-state index is 12.8. The average Bonchev–Trinajstić information content (AvgIpc) is 2.92. The number of aliphatic hydroxyl groups is 1. The summed E-state index contributed by atoms with van der Waals surface area (Å²) in [6.45, 7) is 3.66. The van der Waals surface area contributed by atoms with Gasteiger partial charge in [-0.3, -0.25) is 0 Å². The fourth-order valence-electron chi connectivity index (χ4n) is 2.00. The Labute approximate surface area is 128 Å². The zero-order valence-electron chi connectivity index (χ0n) is 12.5. The predicted octanol–water partition coefficient (Wildman–Crippen LogP) is 2.82. The van der Waals surface area contributed by atoms with E-state index in [1.54, 1.807) is 13.0 Å². The second kappa shape index (κ2) is 7.09. The number of urea groups is 1. The lowest BCUT2D eigenvalue weighted by molar-refractivity contribution is 0.172. The highest BCUT2D eigenvalue weighted by molar-refractivity contribution is 5.74. The number of rotatable bonds is 5. The third kappa shape index (κ3) is 4.33. The van der Waals surface area contributed by atoms with E-state index in [9.17, 15) is 14.3 Å². The Bertz CT molecular complexity index is 625. The lowest BCUT2D eigenvalue weighted by atomic mass is 10.1. The fraction of sp³-hybridized carbons (Fsp3) is 0.312. The maximum Gasteiger partial charge on any atom is 0.315 e. The van der Waals surface area contributed by atoms with Gasteiger partial charge in [-0.15, -0.1) is 0 Å². The summed E-state index contributed by atoms with van der Waals surface area (Å²) in [7, 11) is 0. The normalized spacial score (nSPS) is 13.5. The van der Waals surface area contributed by atoms with E-state index in [0.717, 1.165) is 5.76 Å². The van der Waals surface area contributed by atoms with Crippen LogP contribution in [0.15, 0.2) is 40.8 Å². The van der Waals surface area contributed by atoms with E-state index in [1.165, 1.54) is 24.3 Å². The van der Waals surface area contributed by atoms with Crippen molar-refractivity contribution in [3.63, 3.8) is 0 Å². The van der Waals surface area contributed by atoms with Gasteiger partial charge < -0.3 is 20.2 Å². The summed E-state index contributed by atoms with van der Waals surface area (Å²) in [5.74, 6) is 1.06. The van der Waals surface area contributed by atoms with E-state index in [-0.39, 0.29) is 18.4 Å². The SMILES string of the molecule is Cc1ccc(C(C)NC(=O)NCC(O)c2ccc(F)cc2)o1. The summed E-state index contributed by atoms with van der Waals surface area (Å²) in [5, 5.41) is 15.2. The zero-order valence-corrected chi connectivity index (χ0v) is 12.5. The van der Waals surface area contributed by atoms with E-state index in [1.807, 2.05) is 13.0 Å². The van der Waals surface area contributed by atoms with Crippen LogP contribution in [0.4, 0.5) is 9.18 Å². The van der Waals surface area contributed by atoms with Crippen LogP contribution in [-0.4, -0.2) is 17.7 Å². The van der Waals surface area contributed by atoms with Crippen LogP contribution in [0.2, 0.25) is 0 Å². The molecule has 2 rings (SSSR count). The molecule has 1 heterocycles. The molecule has 0 aliphatic carbocycles. The molecule has 2 unspecified atom stereocenters. The Hall–Kier alpha value is -2.34. The molecule has 2 atom stereocenters. The molecule has 0 bridgehead atoms. The molecule has 0 aliphatic rings. The van der Waals surface area contributed by atoms with Crippen LogP contribution in [0.1, 0.15) is 36.2 Å². The highest BCUT2D eigenvalue weighted by Gasteiger charge is 2.14. The lowest BCUT2D eigenvalue weighted by Crippen LogP contribution is -2.39. The molecule has 2 aromatic rings. The van der Waals surface area contributed by atoms with Crippen LogP contribution in [0.25, 0.3) is 0 Å². The molecule has 0 saturated carbocycles. The van der Waals surface area contributed by atoms with E-state index >= 15 is 0 Å². The molecule has 1 aromatic carbocycles. The highest BCUT2D eigenvalue weighted by Crippen LogP contribution is 2.15. The molecule has 5 nitrogen and oxygen atoms in total. The third-order valence-corrected chi connectivity index (χ3v) is 3.25. The first-order chi connectivity index (χ1) is 10.5. The zero-order chi connectivity index (χ0) is 16.1. The molecule has 3 N–H and O–H groups in total. The summed E-state index contributed by atoms with van der Waals surface area (Å²) in [5.41, 5.74) is 0.538. The molecule has 118 valence electrons. The number of amides is 2. The van der Waals surface area contributed by atoms with Gasteiger partial charge in [-0.2, -0.15) is 0 Å². The Kier molecular flexibility index (Phi) is 5.16. The van der Waals surface area contributed by atoms with E-state index in [2.05, 4.69) is 10.6 Å². The van der Waals surface area contributed by atoms with Crippen molar-refractivity contribution in [2.24, 2.45) is 0 Å². The molecule has 22 heavy (non-hydrogen) atoms. The summed E-state index contributed by atoms with van der Waals surface area (Å²) < 4.78 is 18.2. The minimum atomic E-state index is -0.896. The van der Waals surface area contributed by atoms with Crippen molar-refractivity contribution in [1.29, 1.82) is 0 Å². The molecular weight excluding hydrogens is 287 g/mol. The van der Waals surface area contributed by atoms with Crippen molar-refractivity contribution < 1.29 is 18.7 Å². The topological polar surface area (TPSA) is 74.5 Å². The molecule has 0 spiro atoms. The second-order valence-corrected chi connectivity index (χ2v) is 5.09. The number of hydrogen-bond donors (Lipinski definition) is 3. The standard InChI is InChI=1S/C16H19FN2O3/c1-10-3-8-15(22-10)11(2)19-16(21)18-9-14(20)12-4-6-13(17)7-5-12/h3-8,11,14,20H,9H2,1-2H3,(H2,18,19,21). The summed E-state index contributed by atoms with van der Waals surface area (Å²) in [4.78, 5) is 11.8. The first kappa shape index (κ1) is 16.0. The minimum Gasteiger partial charge on any atom is -0.464 e. The van der Waals surface area contributed by atoms with Gasteiger partial charge in [0, 0.05) is 6.54 Å². The number of carbonyl (C=O) groups is 1. The van der Waals surface area contributed by atoms with Crippen molar-refractivity contribution in [3.8, 4) is 0 Å². The molecule has 0 fully saturated rings. The summed E-state index contributed by atoms with van der Waals surface area (Å²) in [6, 6.07) is 8.41. The largest absolute Gasteiger partial charge is 0.464 e. The minimum absolute atomic E-state index is 0.0291. The Morgan fingerprint density at radius 2 is 1.95 bits per heavy atom. The molecular formula is C16H19FN2O3. The molecule has 0 radical (unpaired) electrons. The quantitative estimate of drug-likeness (QED) is 0.795. The first-order valence-corrected chi connectivity index (χ1v) is 7.00. The van der Waals surface area contributed by atoms with Crippen LogP contribution in [0.5, 0.6) is 0 Å². The molecule has 0 saturated heterocycles. The third-order valence-electron chi connectivity index (χ3n) is 3.25. The van der Waals surface area contributed by atoms with Gasteiger partial charge >= 0.3 is 6.03 Å². The predicted molar refractivity (Wildman–Crippen MR) is 79.8 cm³/mol. The van der Waals surface area contributed by atoms with E-state index in [0.29, 0.717) is 11.3 Å². The molecule has 0 aliphatic heterocycles. The monoisotopic (exact) mass is 306 g/mol. The van der Waals surface area contributed by atoms with Gasteiger partial charge in [0.1, 0.15) is 17.3 Å². The van der Waals surface area contributed by atoms with Gasteiger partial charge in [0.05, 0.1) is 12.1 Å². The number of aryl methyl sites for hydroxylation is 1. The number of aliphatic hydroxyl groups excluding tert-OH is 1. The van der Waals surface area contributed by atoms with Crippen molar-refractivity contribution in [3.05, 3.63) is 59.3 Å². The number of halogens is 1. The van der Waals surface area contributed by atoms with Crippen molar-refractivity contribution in [1.82, 2.24) is 10.6 Å². The van der Waals surface area contributed by atoms with Gasteiger partial charge in [-0.05, 0) is 43.7 Å². The number of nitrogens with one attached hydrogen (secondary N) is 2. The van der Waals surface area contributed by atoms with Crippen molar-refractivity contribution in [2.75, 3.05) is 6.54 Å². The number of hydrogen-bond acceptors (Lipinski definition) is 3. The first-order valence-electron chi connectivity index (χ1n) is 7.00. The average molecular weight is 306 g/mol. The van der Waals surface area contributed by atoms with Gasteiger partial charge in [-0.1, -0.05) is 12.1 Å². The molecule has 6 heteroatoms. The fourth-order valence-corrected chi connectivity index (χ4v) is 2.00. The van der Waals surface area contributed by atoms with Gasteiger partial charge in [0.15, 0.2) is 0 Å². The summed E-state index contributed by atoms with van der Waals surface area (Å²) in [6.07, 6.45) is -0.896. The highest BCUT2D eigenvalue weighted by atomic mass is 19.1. The number of furan rings is 1. The van der Waals surface area contributed by atoms with Crippen LogP contribution >= 0.6 is 0 Å². The second-order valence-electron chi connectivity index (χ2n) is 5.09. The van der Waals surface area contributed by atoms with Crippen LogP contribution in [0.3, 0.4) is 0 Å². The van der Waals surface area contributed by atoms with Gasteiger partial charge in [-0.25, -0.2) is 9.18 Å². The molecule has 2 amide bonds. The van der Waals surface area contributed by atoms with Crippen LogP contribution in [0, 0.1) is 12.7 Å². The maximum absolute atomic E-state index is 12.8. The van der Waals surface area contributed by atoms with Gasteiger partial charge in [0.2, 0.25) is 0 Å². The van der Waals surface area contributed by atoms with E-state index < -0.39 is 12.1 Å². The van der Waals surface area contributed by atoms with E-state index in [4.69, 9.17) is 4.42 Å². The lowest BCUT2D eigenvalue weighted by Gasteiger charge is -2.15. The Balaban J connectivity index is 1.81. The molecule has 1 aromatic heterocycles. The number of benzene rings is 1. The van der Waals surface area contributed by atoms with Crippen LogP contribution in [-0.2, 0) is 0 Å². The van der Waals surface area contributed by atoms with Crippen molar-refractivity contribution >= 4 is 6.03 Å². The smallest absolute Gasteiger partial charge is 0.315 e. The van der Waals surface area contributed by atoms with Crippen molar-refractivity contribution in [2.45, 2.75) is 26.0 Å². The Morgan fingerprint density at radius 1 is 1.27 bits per heavy atom.